The zero-order valence-corrected chi connectivity index (χ0v) is 9.02. The van der Waals surface area contributed by atoms with Gasteiger partial charge in [0, 0.05) is 19.1 Å². The molecule has 0 saturated carbocycles. The van der Waals surface area contributed by atoms with E-state index >= 15 is 0 Å². The van der Waals surface area contributed by atoms with Crippen LogP contribution in [-0.2, 0) is 4.74 Å². The molecule has 0 bridgehead atoms. The molecule has 2 rings (SSSR count). The van der Waals surface area contributed by atoms with Crippen molar-refractivity contribution >= 4 is 5.82 Å². The highest BCUT2D eigenvalue weighted by molar-refractivity contribution is 5.34. The summed E-state index contributed by atoms with van der Waals surface area (Å²) in [4.78, 5) is 0. The summed E-state index contributed by atoms with van der Waals surface area (Å²) in [6.07, 6.45) is 2.03. The van der Waals surface area contributed by atoms with Gasteiger partial charge in [-0.25, -0.2) is 0 Å². The van der Waals surface area contributed by atoms with Crippen molar-refractivity contribution in [2.45, 2.75) is 18.8 Å². The zero-order valence-electron chi connectivity index (χ0n) is 9.02. The molecule has 1 aliphatic heterocycles. The van der Waals surface area contributed by atoms with Crippen LogP contribution < -0.4 is 5.32 Å². The number of aromatic nitrogens is 2. The van der Waals surface area contributed by atoms with Gasteiger partial charge in [-0.05, 0) is 25.0 Å². The number of hydrogen-bond acceptors (Lipinski definition) is 5. The predicted octanol–water partition coefficient (Wildman–Crippen LogP) is 1.31. The molecule has 1 aliphatic rings. The lowest BCUT2D eigenvalue weighted by Gasteiger charge is -2.20. The Balaban J connectivity index is 1.98. The van der Waals surface area contributed by atoms with Crippen molar-refractivity contribution in [3.8, 4) is 6.07 Å². The fourth-order valence-electron chi connectivity index (χ4n) is 1.78. The molecule has 1 aromatic rings. The molecule has 0 spiro atoms. The summed E-state index contributed by atoms with van der Waals surface area (Å²) in [6, 6.07) is 5.84. The minimum atomic E-state index is 0.255. The Morgan fingerprint density at radius 3 is 2.81 bits per heavy atom. The van der Waals surface area contributed by atoms with Gasteiger partial charge in [-0.1, -0.05) is 0 Å². The first-order valence-electron chi connectivity index (χ1n) is 5.42. The minimum absolute atomic E-state index is 0.255. The SMILES string of the molecule is N#CCNc1ccc(C2CCOCC2)nn1. The summed E-state index contributed by atoms with van der Waals surface area (Å²) in [5, 5.41) is 19.5. The zero-order chi connectivity index (χ0) is 11.2. The van der Waals surface area contributed by atoms with Gasteiger partial charge in [0.05, 0.1) is 11.8 Å². The van der Waals surface area contributed by atoms with Crippen molar-refractivity contribution in [2.75, 3.05) is 25.1 Å². The first-order chi connectivity index (χ1) is 7.90. The first kappa shape index (κ1) is 10.8. The monoisotopic (exact) mass is 218 g/mol. The van der Waals surface area contributed by atoms with E-state index in [1.54, 1.807) is 0 Å². The summed E-state index contributed by atoms with van der Waals surface area (Å²) in [6.45, 7) is 1.87. The molecule has 1 N–H and O–H groups in total. The fourth-order valence-corrected chi connectivity index (χ4v) is 1.78. The lowest BCUT2D eigenvalue weighted by atomic mass is 9.96. The van der Waals surface area contributed by atoms with Crippen LogP contribution in [0.2, 0.25) is 0 Å². The highest BCUT2D eigenvalue weighted by atomic mass is 16.5. The standard InChI is InChI=1S/C11H14N4O/c12-5-6-13-11-2-1-10(14-15-11)9-3-7-16-8-4-9/h1-2,9H,3-4,6-8H2,(H,13,15). The molecule has 5 nitrogen and oxygen atoms in total. The largest absolute Gasteiger partial charge is 0.381 e. The number of nitriles is 1. The van der Waals surface area contributed by atoms with Crippen LogP contribution >= 0.6 is 0 Å². The summed E-state index contributed by atoms with van der Waals surface area (Å²) in [7, 11) is 0. The topological polar surface area (TPSA) is 70.8 Å². The van der Waals surface area contributed by atoms with Gasteiger partial charge in [0.25, 0.3) is 0 Å². The summed E-state index contributed by atoms with van der Waals surface area (Å²) >= 11 is 0. The number of nitrogens with one attached hydrogen (secondary N) is 1. The maximum atomic E-state index is 8.41. The van der Waals surface area contributed by atoms with E-state index in [1.165, 1.54) is 0 Å². The number of ether oxygens (including phenoxy) is 1. The van der Waals surface area contributed by atoms with E-state index in [1.807, 2.05) is 18.2 Å². The normalized spacial score (nSPS) is 16.7. The molecule has 1 saturated heterocycles. The molecular formula is C11H14N4O. The summed E-state index contributed by atoms with van der Waals surface area (Å²) in [5.41, 5.74) is 1.02. The highest BCUT2D eigenvalue weighted by Gasteiger charge is 2.17. The van der Waals surface area contributed by atoms with E-state index in [-0.39, 0.29) is 6.54 Å². The van der Waals surface area contributed by atoms with E-state index in [0.717, 1.165) is 31.7 Å². The smallest absolute Gasteiger partial charge is 0.149 e. The fraction of sp³-hybridized carbons (Fsp3) is 0.545. The molecule has 2 heterocycles. The van der Waals surface area contributed by atoms with Crippen LogP contribution in [0.3, 0.4) is 0 Å². The average molecular weight is 218 g/mol. The van der Waals surface area contributed by atoms with E-state index in [0.29, 0.717) is 11.7 Å². The Morgan fingerprint density at radius 1 is 1.38 bits per heavy atom. The Kier molecular flexibility index (Phi) is 3.67. The second-order valence-corrected chi connectivity index (χ2v) is 3.74. The number of hydrogen-bond donors (Lipinski definition) is 1. The van der Waals surface area contributed by atoms with Gasteiger partial charge in [-0.15, -0.1) is 5.10 Å². The van der Waals surface area contributed by atoms with Crippen LogP contribution in [0.15, 0.2) is 12.1 Å². The Bertz CT molecular complexity index is 365. The van der Waals surface area contributed by atoms with Crippen molar-refractivity contribution in [1.82, 2.24) is 10.2 Å². The minimum Gasteiger partial charge on any atom is -0.381 e. The average Bonchev–Trinajstić information content (AvgIpc) is 2.38. The van der Waals surface area contributed by atoms with E-state index in [2.05, 4.69) is 15.5 Å². The van der Waals surface area contributed by atoms with E-state index in [4.69, 9.17) is 10.00 Å². The van der Waals surface area contributed by atoms with Gasteiger partial charge in [0.15, 0.2) is 0 Å². The maximum Gasteiger partial charge on any atom is 0.149 e. The molecule has 0 amide bonds. The number of nitrogens with zero attached hydrogens (tertiary/aromatic N) is 3. The third-order valence-corrected chi connectivity index (χ3v) is 2.67. The van der Waals surface area contributed by atoms with Crippen molar-refractivity contribution < 1.29 is 4.74 Å². The molecule has 5 heteroatoms. The van der Waals surface area contributed by atoms with Crippen LogP contribution in [-0.4, -0.2) is 30.0 Å². The Hall–Kier alpha value is -1.67. The number of rotatable bonds is 3. The van der Waals surface area contributed by atoms with Gasteiger partial charge in [0.1, 0.15) is 12.4 Å². The molecular weight excluding hydrogens is 204 g/mol. The van der Waals surface area contributed by atoms with Crippen molar-refractivity contribution in [3.05, 3.63) is 17.8 Å². The summed E-state index contributed by atoms with van der Waals surface area (Å²) in [5.74, 6) is 1.11. The van der Waals surface area contributed by atoms with Gasteiger partial charge in [0.2, 0.25) is 0 Å². The quantitative estimate of drug-likeness (QED) is 0.774. The van der Waals surface area contributed by atoms with Gasteiger partial charge >= 0.3 is 0 Å². The first-order valence-corrected chi connectivity index (χ1v) is 5.42. The molecule has 1 fully saturated rings. The van der Waals surface area contributed by atoms with Gasteiger partial charge < -0.3 is 10.1 Å². The van der Waals surface area contributed by atoms with Crippen LogP contribution in [0.1, 0.15) is 24.5 Å². The second-order valence-electron chi connectivity index (χ2n) is 3.74. The highest BCUT2D eigenvalue weighted by Crippen LogP contribution is 2.24. The van der Waals surface area contributed by atoms with Gasteiger partial charge in [-0.2, -0.15) is 10.4 Å². The van der Waals surface area contributed by atoms with Gasteiger partial charge in [-0.3, -0.25) is 0 Å². The third-order valence-electron chi connectivity index (χ3n) is 2.67. The number of anilines is 1. The van der Waals surface area contributed by atoms with Crippen LogP contribution in [0.4, 0.5) is 5.82 Å². The molecule has 0 aromatic carbocycles. The lowest BCUT2D eigenvalue weighted by Crippen LogP contribution is -2.15. The molecule has 0 unspecified atom stereocenters. The predicted molar refractivity (Wildman–Crippen MR) is 58.9 cm³/mol. The molecule has 16 heavy (non-hydrogen) atoms. The second kappa shape index (κ2) is 5.42. The van der Waals surface area contributed by atoms with Crippen molar-refractivity contribution in [3.63, 3.8) is 0 Å². The molecule has 0 aliphatic carbocycles. The molecule has 84 valence electrons. The molecule has 0 atom stereocenters. The van der Waals surface area contributed by atoms with Crippen molar-refractivity contribution in [1.29, 1.82) is 5.26 Å². The third kappa shape index (κ3) is 2.67. The lowest BCUT2D eigenvalue weighted by molar-refractivity contribution is 0.0843. The Morgan fingerprint density at radius 2 is 2.19 bits per heavy atom. The Labute approximate surface area is 94.4 Å². The van der Waals surface area contributed by atoms with E-state index in [9.17, 15) is 0 Å². The van der Waals surface area contributed by atoms with Crippen LogP contribution in [0.25, 0.3) is 0 Å². The van der Waals surface area contributed by atoms with Crippen LogP contribution in [0.5, 0.6) is 0 Å². The van der Waals surface area contributed by atoms with Crippen LogP contribution in [0, 0.1) is 11.3 Å². The van der Waals surface area contributed by atoms with E-state index < -0.39 is 0 Å². The molecule has 0 radical (unpaired) electrons. The van der Waals surface area contributed by atoms with Crippen molar-refractivity contribution in [2.24, 2.45) is 0 Å². The summed E-state index contributed by atoms with van der Waals surface area (Å²) < 4.78 is 5.30. The molecule has 1 aromatic heterocycles. The maximum absolute atomic E-state index is 8.41.